The van der Waals surface area contributed by atoms with Crippen molar-refractivity contribution in [3.05, 3.63) is 66.7 Å². The molecule has 4 aromatic heterocycles. The predicted octanol–water partition coefficient (Wildman–Crippen LogP) is 2.97. The van der Waals surface area contributed by atoms with Crippen LogP contribution in [0.25, 0.3) is 33.3 Å². The summed E-state index contributed by atoms with van der Waals surface area (Å²) in [6.07, 6.45) is 6.91. The second-order valence-electron chi connectivity index (χ2n) is 8.58. The van der Waals surface area contributed by atoms with Crippen LogP contribution in [0.4, 0.5) is 11.8 Å². The van der Waals surface area contributed by atoms with Gasteiger partial charge in [-0.15, -0.1) is 0 Å². The Morgan fingerprint density at radius 1 is 0.943 bits per heavy atom. The van der Waals surface area contributed by atoms with E-state index >= 15 is 0 Å². The van der Waals surface area contributed by atoms with E-state index in [1.165, 1.54) is 0 Å². The molecule has 0 bridgehead atoms. The number of carbonyl (C=O) groups is 1. The minimum absolute atomic E-state index is 0.241. The van der Waals surface area contributed by atoms with E-state index in [0.717, 1.165) is 59.8 Å². The zero-order valence-corrected chi connectivity index (χ0v) is 19.1. The van der Waals surface area contributed by atoms with Gasteiger partial charge in [-0.05, 0) is 31.3 Å². The molecule has 2 N–H and O–H groups in total. The van der Waals surface area contributed by atoms with Gasteiger partial charge in [-0.3, -0.25) is 10.1 Å². The molecule has 1 amide bonds. The molecular formula is C25H23N9O. The molecule has 0 spiro atoms. The Bertz CT molecular complexity index is 1540. The van der Waals surface area contributed by atoms with Crippen molar-refractivity contribution in [1.82, 2.24) is 34.8 Å². The van der Waals surface area contributed by atoms with Gasteiger partial charge in [-0.1, -0.05) is 12.1 Å². The fraction of sp³-hybridized carbons (Fsp3) is 0.200. The average Bonchev–Trinajstić information content (AvgIpc) is 3.37. The van der Waals surface area contributed by atoms with Crippen LogP contribution < -0.4 is 10.2 Å². The first kappa shape index (κ1) is 21.1. The lowest BCUT2D eigenvalue weighted by atomic mass is 10.1. The Morgan fingerprint density at radius 2 is 1.83 bits per heavy atom. The fourth-order valence-corrected chi connectivity index (χ4v) is 4.15. The number of amides is 1. The van der Waals surface area contributed by atoms with Crippen LogP contribution in [0.5, 0.6) is 0 Å². The first-order chi connectivity index (χ1) is 17.1. The largest absolute Gasteiger partial charge is 0.354 e. The van der Waals surface area contributed by atoms with Gasteiger partial charge in [0.2, 0.25) is 5.95 Å². The molecule has 5 heterocycles. The van der Waals surface area contributed by atoms with Crippen molar-refractivity contribution in [3.8, 4) is 11.3 Å². The topological polar surface area (TPSA) is 116 Å². The molecular weight excluding hydrogens is 442 g/mol. The van der Waals surface area contributed by atoms with E-state index in [4.69, 9.17) is 0 Å². The summed E-state index contributed by atoms with van der Waals surface area (Å²) in [4.78, 5) is 42.9. The smallest absolute Gasteiger partial charge is 0.258 e. The maximum absolute atomic E-state index is 13.0. The van der Waals surface area contributed by atoms with Crippen molar-refractivity contribution >= 4 is 39.7 Å². The Kier molecular flexibility index (Phi) is 5.27. The number of likely N-dealkylation sites (N-methyl/N-ethyl adjacent to an activating group) is 1. The van der Waals surface area contributed by atoms with Gasteiger partial charge in [0.05, 0.1) is 17.4 Å². The first-order valence-corrected chi connectivity index (χ1v) is 11.4. The molecule has 174 valence electrons. The lowest BCUT2D eigenvalue weighted by Gasteiger charge is -2.33. The van der Waals surface area contributed by atoms with Crippen LogP contribution in [0.2, 0.25) is 0 Å². The molecule has 1 fully saturated rings. The molecule has 6 rings (SSSR count). The minimum atomic E-state index is -0.276. The lowest BCUT2D eigenvalue weighted by molar-refractivity contribution is 0.102. The second kappa shape index (κ2) is 8.73. The van der Waals surface area contributed by atoms with Gasteiger partial charge in [-0.2, -0.15) is 0 Å². The number of piperazine rings is 1. The molecule has 35 heavy (non-hydrogen) atoms. The van der Waals surface area contributed by atoms with Crippen LogP contribution in [0.3, 0.4) is 0 Å². The van der Waals surface area contributed by atoms with Gasteiger partial charge in [0.15, 0.2) is 5.65 Å². The minimum Gasteiger partial charge on any atom is -0.354 e. The van der Waals surface area contributed by atoms with E-state index in [-0.39, 0.29) is 11.9 Å². The van der Waals surface area contributed by atoms with Crippen LogP contribution in [0.1, 0.15) is 10.4 Å². The maximum atomic E-state index is 13.0. The lowest BCUT2D eigenvalue weighted by Crippen LogP contribution is -2.44. The number of aromatic amines is 1. The Morgan fingerprint density at radius 3 is 2.71 bits per heavy atom. The average molecular weight is 466 g/mol. The summed E-state index contributed by atoms with van der Waals surface area (Å²) < 4.78 is 0. The van der Waals surface area contributed by atoms with Crippen molar-refractivity contribution in [3.63, 3.8) is 0 Å². The third kappa shape index (κ3) is 4.26. The van der Waals surface area contributed by atoms with E-state index in [0.29, 0.717) is 11.1 Å². The zero-order chi connectivity index (χ0) is 23.8. The number of pyridine rings is 1. The number of aromatic nitrogens is 6. The standard InChI is InChI=1S/C25H23N9O/c1-33-8-10-34(11-9-33)22-13-17(4-6-26-22)24(35)32-25-29-14-18-3-2-16(12-20(18)31-25)21-15-28-23-19(30-21)5-7-27-23/h2-7,12-15H,8-11H2,1H3,(H,27,28)(H,29,31,32,35). The summed E-state index contributed by atoms with van der Waals surface area (Å²) in [6.45, 7) is 3.70. The van der Waals surface area contributed by atoms with E-state index in [1.807, 2.05) is 36.5 Å². The highest BCUT2D eigenvalue weighted by Gasteiger charge is 2.17. The highest BCUT2D eigenvalue weighted by Crippen LogP contribution is 2.23. The highest BCUT2D eigenvalue weighted by atomic mass is 16.1. The summed E-state index contributed by atoms with van der Waals surface area (Å²) in [5.41, 5.74) is 4.39. The third-order valence-corrected chi connectivity index (χ3v) is 6.20. The van der Waals surface area contributed by atoms with Crippen LogP contribution in [-0.2, 0) is 0 Å². The molecule has 0 aliphatic carbocycles. The molecule has 1 aliphatic rings. The zero-order valence-electron chi connectivity index (χ0n) is 19.1. The molecule has 10 heteroatoms. The number of rotatable bonds is 4. The monoisotopic (exact) mass is 465 g/mol. The molecule has 10 nitrogen and oxygen atoms in total. The third-order valence-electron chi connectivity index (χ3n) is 6.20. The normalized spacial score (nSPS) is 14.5. The highest BCUT2D eigenvalue weighted by molar-refractivity contribution is 6.04. The number of carbonyl (C=O) groups excluding carboxylic acids is 1. The van der Waals surface area contributed by atoms with Crippen molar-refractivity contribution in [2.75, 3.05) is 43.4 Å². The van der Waals surface area contributed by atoms with E-state index in [2.05, 4.69) is 52.1 Å². The summed E-state index contributed by atoms with van der Waals surface area (Å²) in [6, 6.07) is 11.2. The Balaban J connectivity index is 1.24. The SMILES string of the molecule is CN1CCN(c2cc(C(=O)Nc3ncc4ccc(-c5cnc6[nH]ccc6n5)cc4n3)ccn2)CC1. The van der Waals surface area contributed by atoms with Gasteiger partial charge < -0.3 is 14.8 Å². The maximum Gasteiger partial charge on any atom is 0.258 e. The molecule has 0 atom stereocenters. The van der Waals surface area contributed by atoms with Crippen LogP contribution in [-0.4, -0.2) is 73.9 Å². The Hall–Kier alpha value is -4.44. The van der Waals surface area contributed by atoms with E-state index < -0.39 is 0 Å². The molecule has 0 saturated carbocycles. The van der Waals surface area contributed by atoms with E-state index in [1.54, 1.807) is 24.7 Å². The number of benzene rings is 1. The number of hydrogen-bond acceptors (Lipinski definition) is 8. The van der Waals surface area contributed by atoms with Crippen LogP contribution in [0.15, 0.2) is 61.2 Å². The number of anilines is 2. The van der Waals surface area contributed by atoms with Crippen molar-refractivity contribution in [2.45, 2.75) is 0 Å². The quantitative estimate of drug-likeness (QED) is 0.416. The van der Waals surface area contributed by atoms with Gasteiger partial charge in [0.25, 0.3) is 5.91 Å². The summed E-state index contributed by atoms with van der Waals surface area (Å²) in [5.74, 6) is 0.766. The number of H-pyrrole nitrogens is 1. The van der Waals surface area contributed by atoms with Gasteiger partial charge in [0.1, 0.15) is 11.3 Å². The number of nitrogens with zero attached hydrogens (tertiary/aromatic N) is 7. The van der Waals surface area contributed by atoms with Crippen molar-refractivity contribution in [1.29, 1.82) is 0 Å². The molecule has 1 saturated heterocycles. The Labute approximate surface area is 201 Å². The van der Waals surface area contributed by atoms with Gasteiger partial charge >= 0.3 is 0 Å². The van der Waals surface area contributed by atoms with Gasteiger partial charge in [-0.25, -0.2) is 24.9 Å². The van der Waals surface area contributed by atoms with E-state index in [9.17, 15) is 4.79 Å². The summed E-state index contributed by atoms with van der Waals surface area (Å²) >= 11 is 0. The molecule has 5 aromatic rings. The molecule has 0 unspecified atom stereocenters. The van der Waals surface area contributed by atoms with Crippen molar-refractivity contribution < 1.29 is 4.79 Å². The first-order valence-electron chi connectivity index (χ1n) is 11.4. The number of hydrogen-bond donors (Lipinski definition) is 2. The molecule has 0 radical (unpaired) electrons. The number of fused-ring (bicyclic) bond motifs is 2. The predicted molar refractivity (Wildman–Crippen MR) is 134 cm³/mol. The summed E-state index contributed by atoms with van der Waals surface area (Å²) in [7, 11) is 2.11. The fourth-order valence-electron chi connectivity index (χ4n) is 4.15. The number of nitrogens with one attached hydrogen (secondary N) is 2. The summed E-state index contributed by atoms with van der Waals surface area (Å²) in [5, 5.41) is 3.68. The van der Waals surface area contributed by atoms with Crippen LogP contribution >= 0.6 is 0 Å². The second-order valence-corrected chi connectivity index (χ2v) is 8.58. The molecule has 1 aromatic carbocycles. The van der Waals surface area contributed by atoms with Crippen LogP contribution in [0, 0.1) is 0 Å². The molecule has 1 aliphatic heterocycles. The van der Waals surface area contributed by atoms with Gasteiger partial charge in [0, 0.05) is 61.3 Å². The van der Waals surface area contributed by atoms with Crippen molar-refractivity contribution in [2.24, 2.45) is 0 Å².